The Morgan fingerprint density at radius 3 is 2.73 bits per heavy atom. The quantitative estimate of drug-likeness (QED) is 0.398. The van der Waals surface area contributed by atoms with Crippen LogP contribution in [0.3, 0.4) is 0 Å². The van der Waals surface area contributed by atoms with Crippen LogP contribution in [0.4, 0.5) is 5.69 Å². The lowest BCUT2D eigenvalue weighted by molar-refractivity contribution is 0.415. The number of halogens is 1. The highest BCUT2D eigenvalue weighted by molar-refractivity contribution is 6.32. The van der Waals surface area contributed by atoms with Crippen LogP contribution in [-0.4, -0.2) is 7.11 Å². The fraction of sp³-hybridized carbons (Fsp3) is 0.0952. The van der Waals surface area contributed by atoms with Crippen LogP contribution in [0.1, 0.15) is 5.56 Å². The first-order valence-corrected chi connectivity index (χ1v) is 8.55. The number of hydrogen-bond donors (Lipinski definition) is 1. The smallest absolute Gasteiger partial charge is 0.336 e. The summed E-state index contributed by atoms with van der Waals surface area (Å²) in [4.78, 5) is 12.0. The Morgan fingerprint density at radius 2 is 1.92 bits per heavy atom. The number of rotatable bonds is 4. The number of fused-ring (bicyclic) bond motifs is 3. The van der Waals surface area contributed by atoms with Gasteiger partial charge in [0.1, 0.15) is 11.3 Å². The lowest BCUT2D eigenvalue weighted by atomic mass is 10.0. The van der Waals surface area contributed by atoms with Crippen molar-refractivity contribution in [2.75, 3.05) is 12.4 Å². The van der Waals surface area contributed by atoms with E-state index in [1.54, 1.807) is 19.2 Å². The molecule has 0 aliphatic heterocycles. The highest BCUT2D eigenvalue weighted by Gasteiger charge is 2.10. The third kappa shape index (κ3) is 3.00. The molecule has 4 aromatic rings. The molecule has 130 valence electrons. The molecule has 3 aromatic carbocycles. The van der Waals surface area contributed by atoms with Crippen LogP contribution >= 0.6 is 11.6 Å². The molecule has 0 amide bonds. The topological polar surface area (TPSA) is 51.5 Å². The molecule has 1 heterocycles. The van der Waals surface area contributed by atoms with E-state index < -0.39 is 0 Å². The van der Waals surface area contributed by atoms with Gasteiger partial charge in [0.2, 0.25) is 0 Å². The number of ether oxygens (including phenoxy) is 1. The van der Waals surface area contributed by atoms with Gasteiger partial charge in [0.25, 0.3) is 0 Å². The molecule has 4 nitrogen and oxygen atoms in total. The fourth-order valence-corrected chi connectivity index (χ4v) is 3.39. The molecule has 0 radical (unpaired) electrons. The monoisotopic (exact) mass is 365 g/mol. The van der Waals surface area contributed by atoms with Crippen molar-refractivity contribution in [2.24, 2.45) is 0 Å². The van der Waals surface area contributed by atoms with Crippen molar-refractivity contribution < 1.29 is 9.15 Å². The minimum Gasteiger partial charge on any atom is -0.495 e. The van der Waals surface area contributed by atoms with Crippen LogP contribution in [0.25, 0.3) is 21.7 Å². The molecule has 26 heavy (non-hydrogen) atoms. The second-order valence-electron chi connectivity index (χ2n) is 5.95. The first-order chi connectivity index (χ1) is 12.7. The molecule has 0 saturated carbocycles. The first kappa shape index (κ1) is 16.5. The molecule has 0 aliphatic rings. The Morgan fingerprint density at radius 1 is 1.08 bits per heavy atom. The predicted octanol–water partition coefficient (Wildman–Crippen LogP) is 5.22. The Bertz CT molecular complexity index is 1170. The number of benzene rings is 3. The molecule has 1 aromatic heterocycles. The number of anilines is 1. The van der Waals surface area contributed by atoms with Crippen molar-refractivity contribution in [1.29, 1.82) is 0 Å². The molecule has 0 saturated heterocycles. The van der Waals surface area contributed by atoms with Gasteiger partial charge < -0.3 is 14.5 Å². The van der Waals surface area contributed by atoms with E-state index >= 15 is 0 Å². The van der Waals surface area contributed by atoms with Crippen molar-refractivity contribution >= 4 is 39.0 Å². The van der Waals surface area contributed by atoms with Crippen molar-refractivity contribution in [2.45, 2.75) is 6.54 Å². The Hall–Kier alpha value is -2.98. The van der Waals surface area contributed by atoms with Gasteiger partial charge in [0.05, 0.1) is 12.1 Å². The van der Waals surface area contributed by atoms with E-state index in [4.69, 9.17) is 20.8 Å². The van der Waals surface area contributed by atoms with Gasteiger partial charge in [0.15, 0.2) is 0 Å². The van der Waals surface area contributed by atoms with Gasteiger partial charge in [-0.2, -0.15) is 0 Å². The summed E-state index contributed by atoms with van der Waals surface area (Å²) in [5.41, 5.74) is 1.94. The zero-order valence-corrected chi connectivity index (χ0v) is 14.8. The van der Waals surface area contributed by atoms with Crippen molar-refractivity contribution in [3.05, 3.63) is 81.7 Å². The van der Waals surface area contributed by atoms with Crippen molar-refractivity contribution in [3.8, 4) is 5.75 Å². The average Bonchev–Trinajstić information content (AvgIpc) is 2.65. The maximum Gasteiger partial charge on any atom is 0.336 e. The third-order valence-corrected chi connectivity index (χ3v) is 4.64. The summed E-state index contributed by atoms with van der Waals surface area (Å²) in [7, 11) is 1.58. The highest BCUT2D eigenvalue weighted by atomic mass is 35.5. The van der Waals surface area contributed by atoms with E-state index in [0.29, 0.717) is 22.9 Å². The number of nitrogens with one attached hydrogen (secondary N) is 1. The van der Waals surface area contributed by atoms with Crippen LogP contribution in [0, 0.1) is 0 Å². The molecule has 0 spiro atoms. The summed E-state index contributed by atoms with van der Waals surface area (Å²) >= 11 is 6.18. The zero-order valence-electron chi connectivity index (χ0n) is 14.1. The molecule has 4 rings (SSSR count). The summed E-state index contributed by atoms with van der Waals surface area (Å²) in [6, 6.07) is 18.9. The minimum absolute atomic E-state index is 0.364. The number of hydrogen-bond acceptors (Lipinski definition) is 4. The van der Waals surface area contributed by atoms with E-state index in [1.165, 1.54) is 6.07 Å². The Balaban J connectivity index is 1.77. The fourth-order valence-electron chi connectivity index (χ4n) is 3.13. The summed E-state index contributed by atoms with van der Waals surface area (Å²) in [5, 5.41) is 6.94. The van der Waals surface area contributed by atoms with E-state index in [2.05, 4.69) is 5.32 Å². The third-order valence-electron chi connectivity index (χ3n) is 4.35. The molecule has 0 unspecified atom stereocenters. The SMILES string of the molecule is COc1ccc(NCc2cc(=O)oc3ccc4ccccc4c23)cc1Cl. The van der Waals surface area contributed by atoms with Gasteiger partial charge in [0, 0.05) is 23.7 Å². The lowest BCUT2D eigenvalue weighted by Crippen LogP contribution is -2.06. The average molecular weight is 366 g/mol. The van der Waals surface area contributed by atoms with E-state index in [1.807, 2.05) is 42.5 Å². The molecule has 5 heteroatoms. The molecular weight excluding hydrogens is 350 g/mol. The second-order valence-corrected chi connectivity index (χ2v) is 6.36. The number of methoxy groups -OCH3 is 1. The van der Waals surface area contributed by atoms with Gasteiger partial charge in [-0.3, -0.25) is 0 Å². The molecule has 1 N–H and O–H groups in total. The minimum atomic E-state index is -0.364. The van der Waals surface area contributed by atoms with Crippen LogP contribution in [0.2, 0.25) is 5.02 Å². The standard InChI is InChI=1S/C21H16ClNO3/c1-25-18-9-7-15(11-17(18)22)23-12-14-10-20(24)26-19-8-6-13-4-2-3-5-16(13)21(14)19/h2-11,23H,12H2,1H3. The van der Waals surface area contributed by atoms with Crippen LogP contribution < -0.4 is 15.7 Å². The zero-order chi connectivity index (χ0) is 18.1. The van der Waals surface area contributed by atoms with E-state index in [-0.39, 0.29) is 5.63 Å². The molecular formula is C21H16ClNO3. The van der Waals surface area contributed by atoms with Crippen LogP contribution in [-0.2, 0) is 6.54 Å². The largest absolute Gasteiger partial charge is 0.495 e. The van der Waals surface area contributed by atoms with E-state index in [0.717, 1.165) is 27.4 Å². The van der Waals surface area contributed by atoms with E-state index in [9.17, 15) is 4.79 Å². The van der Waals surface area contributed by atoms with Crippen molar-refractivity contribution in [1.82, 2.24) is 0 Å². The van der Waals surface area contributed by atoms with Gasteiger partial charge in [-0.05, 0) is 40.6 Å². The summed E-state index contributed by atoms with van der Waals surface area (Å²) in [6.07, 6.45) is 0. The van der Waals surface area contributed by atoms with Crippen LogP contribution in [0.15, 0.2) is 69.9 Å². The van der Waals surface area contributed by atoms with Gasteiger partial charge in [-0.25, -0.2) is 4.79 Å². The van der Waals surface area contributed by atoms with Gasteiger partial charge in [-0.1, -0.05) is 41.9 Å². The Kier molecular flexibility index (Phi) is 4.27. The maximum absolute atomic E-state index is 12.0. The van der Waals surface area contributed by atoms with Crippen LogP contribution in [0.5, 0.6) is 5.75 Å². The normalized spacial score (nSPS) is 11.0. The highest BCUT2D eigenvalue weighted by Crippen LogP contribution is 2.30. The molecule has 0 bridgehead atoms. The maximum atomic E-state index is 12.0. The predicted molar refractivity (Wildman–Crippen MR) is 105 cm³/mol. The summed E-state index contributed by atoms with van der Waals surface area (Å²) in [6.45, 7) is 0.471. The Labute approximate surface area is 155 Å². The van der Waals surface area contributed by atoms with Gasteiger partial charge >= 0.3 is 5.63 Å². The summed E-state index contributed by atoms with van der Waals surface area (Å²) in [5.74, 6) is 0.619. The molecule has 0 aliphatic carbocycles. The van der Waals surface area contributed by atoms with Crippen molar-refractivity contribution in [3.63, 3.8) is 0 Å². The second kappa shape index (κ2) is 6.73. The molecule has 0 fully saturated rings. The van der Waals surface area contributed by atoms with Gasteiger partial charge in [-0.15, -0.1) is 0 Å². The molecule has 0 atom stereocenters. The summed E-state index contributed by atoms with van der Waals surface area (Å²) < 4.78 is 10.6. The first-order valence-electron chi connectivity index (χ1n) is 8.17. The lowest BCUT2D eigenvalue weighted by Gasteiger charge is -2.12.